The summed E-state index contributed by atoms with van der Waals surface area (Å²) >= 11 is 0. The van der Waals surface area contributed by atoms with E-state index in [1.165, 1.54) is 12.0 Å². The van der Waals surface area contributed by atoms with Gasteiger partial charge in [-0.1, -0.05) is 30.3 Å². The number of nitrogens with one attached hydrogen (secondary N) is 1. The van der Waals surface area contributed by atoms with Crippen molar-refractivity contribution < 1.29 is 4.74 Å². The molecule has 0 aromatic heterocycles. The lowest BCUT2D eigenvalue weighted by atomic mass is 9.91. The van der Waals surface area contributed by atoms with Crippen LogP contribution in [0.4, 0.5) is 0 Å². The summed E-state index contributed by atoms with van der Waals surface area (Å²) in [7, 11) is 1.79. The van der Waals surface area contributed by atoms with Gasteiger partial charge in [-0.2, -0.15) is 0 Å². The molecule has 1 aromatic carbocycles. The maximum absolute atomic E-state index is 5.36. The van der Waals surface area contributed by atoms with Gasteiger partial charge in [0.25, 0.3) is 0 Å². The summed E-state index contributed by atoms with van der Waals surface area (Å²) in [5, 5.41) is 3.75. The third-order valence-corrected chi connectivity index (χ3v) is 4.53. The molecule has 1 fully saturated rings. The van der Waals surface area contributed by atoms with Gasteiger partial charge >= 0.3 is 0 Å². The van der Waals surface area contributed by atoms with E-state index < -0.39 is 0 Å². The average Bonchev–Trinajstić information content (AvgIpc) is 2.60. The molecule has 0 saturated carbocycles. The smallest absolute Gasteiger partial charge is 0.0615 e. The molecular formula is C17H28N2O. The fourth-order valence-corrected chi connectivity index (χ4v) is 3.23. The molecule has 3 unspecified atom stereocenters. The standard InChI is InChI=1S/C17H28N2O/c1-14-10-11-18-17(3,16-8-6-5-7-9-16)13-19(14)15(2)12-20-4/h5-9,14-15,18H,10-13H2,1-4H3. The van der Waals surface area contributed by atoms with E-state index in [2.05, 4.69) is 61.3 Å². The summed E-state index contributed by atoms with van der Waals surface area (Å²) in [6.45, 7) is 9.76. The van der Waals surface area contributed by atoms with Crippen LogP contribution >= 0.6 is 0 Å². The van der Waals surface area contributed by atoms with Gasteiger partial charge in [-0.15, -0.1) is 0 Å². The highest BCUT2D eigenvalue weighted by Crippen LogP contribution is 2.27. The molecule has 0 spiro atoms. The van der Waals surface area contributed by atoms with Crippen LogP contribution in [0, 0.1) is 0 Å². The Kier molecular flexibility index (Phi) is 5.19. The molecule has 1 N–H and O–H groups in total. The minimum absolute atomic E-state index is 0.00796. The molecule has 2 rings (SSSR count). The lowest BCUT2D eigenvalue weighted by molar-refractivity contribution is 0.0625. The Labute approximate surface area is 123 Å². The van der Waals surface area contributed by atoms with Gasteiger partial charge < -0.3 is 10.1 Å². The first-order chi connectivity index (χ1) is 9.57. The maximum atomic E-state index is 5.36. The van der Waals surface area contributed by atoms with E-state index in [9.17, 15) is 0 Å². The molecule has 1 aliphatic rings. The zero-order chi connectivity index (χ0) is 14.6. The Morgan fingerprint density at radius 3 is 2.75 bits per heavy atom. The van der Waals surface area contributed by atoms with Gasteiger partial charge in [-0.3, -0.25) is 4.90 Å². The summed E-state index contributed by atoms with van der Waals surface area (Å²) in [4.78, 5) is 2.58. The van der Waals surface area contributed by atoms with E-state index in [1.807, 2.05) is 0 Å². The minimum atomic E-state index is 0.00796. The first-order valence-electron chi connectivity index (χ1n) is 7.62. The second kappa shape index (κ2) is 6.70. The molecule has 0 bridgehead atoms. The Hall–Kier alpha value is -0.900. The zero-order valence-corrected chi connectivity index (χ0v) is 13.2. The van der Waals surface area contributed by atoms with Crippen molar-refractivity contribution in [1.82, 2.24) is 10.2 Å². The highest BCUT2D eigenvalue weighted by molar-refractivity contribution is 5.24. The lowest BCUT2D eigenvalue weighted by Gasteiger charge is -2.39. The SMILES string of the molecule is COCC(C)N1CC(C)(c2ccccc2)NCCC1C. The first-order valence-corrected chi connectivity index (χ1v) is 7.62. The van der Waals surface area contributed by atoms with Crippen LogP contribution in [-0.2, 0) is 10.3 Å². The molecular weight excluding hydrogens is 248 g/mol. The Bertz CT molecular complexity index is 409. The molecule has 0 radical (unpaired) electrons. The van der Waals surface area contributed by atoms with E-state index in [1.54, 1.807) is 7.11 Å². The van der Waals surface area contributed by atoms with Crippen molar-refractivity contribution in [2.24, 2.45) is 0 Å². The summed E-state index contributed by atoms with van der Waals surface area (Å²) in [5.41, 5.74) is 1.37. The first kappa shape index (κ1) is 15.5. The van der Waals surface area contributed by atoms with Gasteiger partial charge in [0.2, 0.25) is 0 Å². The van der Waals surface area contributed by atoms with E-state index >= 15 is 0 Å². The topological polar surface area (TPSA) is 24.5 Å². The number of hydrogen-bond donors (Lipinski definition) is 1. The molecule has 3 nitrogen and oxygen atoms in total. The summed E-state index contributed by atoms with van der Waals surface area (Å²) < 4.78 is 5.36. The highest BCUT2D eigenvalue weighted by Gasteiger charge is 2.35. The van der Waals surface area contributed by atoms with Crippen LogP contribution in [0.5, 0.6) is 0 Å². The van der Waals surface area contributed by atoms with Crippen molar-refractivity contribution >= 4 is 0 Å². The van der Waals surface area contributed by atoms with Gasteiger partial charge in [-0.25, -0.2) is 0 Å². The maximum Gasteiger partial charge on any atom is 0.0615 e. The fourth-order valence-electron chi connectivity index (χ4n) is 3.23. The predicted octanol–water partition coefficient (Wildman–Crippen LogP) is 2.62. The van der Waals surface area contributed by atoms with Crippen molar-refractivity contribution in [3.63, 3.8) is 0 Å². The van der Waals surface area contributed by atoms with E-state index in [4.69, 9.17) is 4.74 Å². The largest absolute Gasteiger partial charge is 0.383 e. The third-order valence-electron chi connectivity index (χ3n) is 4.53. The van der Waals surface area contributed by atoms with E-state index in [0.717, 1.165) is 19.7 Å². The number of benzene rings is 1. The van der Waals surface area contributed by atoms with Crippen LogP contribution in [0.15, 0.2) is 30.3 Å². The van der Waals surface area contributed by atoms with Gasteiger partial charge in [0.15, 0.2) is 0 Å². The van der Waals surface area contributed by atoms with Crippen LogP contribution in [0.25, 0.3) is 0 Å². The predicted molar refractivity (Wildman–Crippen MR) is 83.9 cm³/mol. The number of ether oxygens (including phenoxy) is 1. The van der Waals surface area contributed by atoms with Crippen molar-refractivity contribution in [2.75, 3.05) is 26.8 Å². The number of nitrogens with zero attached hydrogens (tertiary/aromatic N) is 1. The van der Waals surface area contributed by atoms with Crippen molar-refractivity contribution in [2.45, 2.75) is 44.8 Å². The molecule has 1 heterocycles. The fraction of sp³-hybridized carbons (Fsp3) is 0.647. The molecule has 20 heavy (non-hydrogen) atoms. The molecule has 1 saturated heterocycles. The van der Waals surface area contributed by atoms with Crippen LogP contribution in [0.1, 0.15) is 32.8 Å². The summed E-state index contributed by atoms with van der Waals surface area (Å²) in [6, 6.07) is 11.8. The summed E-state index contributed by atoms with van der Waals surface area (Å²) in [5.74, 6) is 0. The van der Waals surface area contributed by atoms with Crippen LogP contribution in [-0.4, -0.2) is 43.8 Å². The Morgan fingerprint density at radius 1 is 1.40 bits per heavy atom. The molecule has 1 aliphatic heterocycles. The quantitative estimate of drug-likeness (QED) is 0.915. The molecule has 3 atom stereocenters. The molecule has 1 aromatic rings. The molecule has 3 heteroatoms. The number of rotatable bonds is 4. The highest BCUT2D eigenvalue weighted by atomic mass is 16.5. The number of hydrogen-bond acceptors (Lipinski definition) is 3. The van der Waals surface area contributed by atoms with Gasteiger partial charge in [0, 0.05) is 25.7 Å². The number of methoxy groups -OCH3 is 1. The van der Waals surface area contributed by atoms with Crippen LogP contribution < -0.4 is 5.32 Å². The molecule has 0 aliphatic carbocycles. The second-order valence-corrected chi connectivity index (χ2v) is 6.24. The van der Waals surface area contributed by atoms with Crippen molar-refractivity contribution in [1.29, 1.82) is 0 Å². The average molecular weight is 276 g/mol. The monoisotopic (exact) mass is 276 g/mol. The van der Waals surface area contributed by atoms with Gasteiger partial charge in [0.05, 0.1) is 12.1 Å². The zero-order valence-electron chi connectivity index (χ0n) is 13.2. The molecule has 0 amide bonds. The van der Waals surface area contributed by atoms with Gasteiger partial charge in [-0.05, 0) is 39.3 Å². The van der Waals surface area contributed by atoms with Crippen molar-refractivity contribution in [3.8, 4) is 0 Å². The summed E-state index contributed by atoms with van der Waals surface area (Å²) in [6.07, 6.45) is 1.18. The van der Waals surface area contributed by atoms with E-state index in [-0.39, 0.29) is 5.54 Å². The van der Waals surface area contributed by atoms with Crippen LogP contribution in [0.2, 0.25) is 0 Å². The van der Waals surface area contributed by atoms with Crippen molar-refractivity contribution in [3.05, 3.63) is 35.9 Å². The minimum Gasteiger partial charge on any atom is -0.383 e. The Morgan fingerprint density at radius 2 is 2.10 bits per heavy atom. The second-order valence-electron chi connectivity index (χ2n) is 6.24. The normalized spacial score (nSPS) is 29.9. The molecule has 112 valence electrons. The third kappa shape index (κ3) is 3.40. The van der Waals surface area contributed by atoms with Crippen LogP contribution in [0.3, 0.4) is 0 Å². The van der Waals surface area contributed by atoms with Gasteiger partial charge in [0.1, 0.15) is 0 Å². The Balaban J connectivity index is 2.22. The van der Waals surface area contributed by atoms with E-state index in [0.29, 0.717) is 12.1 Å². The lowest BCUT2D eigenvalue weighted by Crippen LogP contribution is -2.51.